The zero-order valence-corrected chi connectivity index (χ0v) is 12.5. The highest BCUT2D eigenvalue weighted by Crippen LogP contribution is 2.22. The van der Waals surface area contributed by atoms with Crippen molar-refractivity contribution in [2.75, 3.05) is 0 Å². The zero-order chi connectivity index (χ0) is 14.9. The van der Waals surface area contributed by atoms with Crippen LogP contribution in [0.3, 0.4) is 0 Å². The van der Waals surface area contributed by atoms with Gasteiger partial charge in [0, 0.05) is 36.0 Å². The van der Waals surface area contributed by atoms with E-state index in [9.17, 15) is 8.42 Å². The number of aryl methyl sites for hydroxylation is 1. The first kappa shape index (κ1) is 14.3. The second kappa shape index (κ2) is 5.63. The first-order chi connectivity index (χ1) is 10.1. The minimum absolute atomic E-state index is 0.0663. The lowest BCUT2D eigenvalue weighted by atomic mass is 10.2. The minimum Gasteiger partial charge on any atom is -0.472 e. The molecule has 0 unspecified atom stereocenters. The van der Waals surface area contributed by atoms with E-state index in [0.717, 1.165) is 24.1 Å². The highest BCUT2D eigenvalue weighted by Gasteiger charge is 2.26. The van der Waals surface area contributed by atoms with Gasteiger partial charge in [0.15, 0.2) is 5.03 Å². The molecule has 7 nitrogen and oxygen atoms in total. The SMILES string of the molecule is Cc1[nH]nc(S(=O)(=O)NCc2ccoc2)c1CNC1CC1. The lowest BCUT2D eigenvalue weighted by Crippen LogP contribution is -2.26. The summed E-state index contributed by atoms with van der Waals surface area (Å²) in [5.41, 5.74) is 2.23. The second-order valence-corrected chi connectivity index (χ2v) is 6.93. The van der Waals surface area contributed by atoms with Gasteiger partial charge in [-0.05, 0) is 25.8 Å². The number of furan rings is 1. The number of hydrogen-bond acceptors (Lipinski definition) is 5. The lowest BCUT2D eigenvalue weighted by Gasteiger charge is -2.07. The molecule has 21 heavy (non-hydrogen) atoms. The number of sulfonamides is 1. The van der Waals surface area contributed by atoms with E-state index < -0.39 is 10.0 Å². The fraction of sp³-hybridized carbons (Fsp3) is 0.462. The van der Waals surface area contributed by atoms with Gasteiger partial charge in [-0.15, -0.1) is 0 Å². The van der Waals surface area contributed by atoms with Crippen molar-refractivity contribution in [1.82, 2.24) is 20.2 Å². The van der Waals surface area contributed by atoms with Gasteiger partial charge in [-0.25, -0.2) is 13.1 Å². The maximum absolute atomic E-state index is 12.4. The van der Waals surface area contributed by atoms with Crippen molar-refractivity contribution in [3.63, 3.8) is 0 Å². The summed E-state index contributed by atoms with van der Waals surface area (Å²) < 4.78 is 32.2. The van der Waals surface area contributed by atoms with Crippen molar-refractivity contribution < 1.29 is 12.8 Å². The summed E-state index contributed by atoms with van der Waals surface area (Å²) in [6.45, 7) is 2.52. The predicted molar refractivity (Wildman–Crippen MR) is 75.9 cm³/mol. The molecular formula is C13H18N4O3S. The number of nitrogens with one attached hydrogen (secondary N) is 3. The first-order valence-electron chi connectivity index (χ1n) is 6.84. The van der Waals surface area contributed by atoms with E-state index in [4.69, 9.17) is 4.42 Å². The van der Waals surface area contributed by atoms with Gasteiger partial charge in [0.1, 0.15) is 0 Å². The average Bonchev–Trinajstić information content (AvgIpc) is 2.98. The normalized spacial score (nSPS) is 15.5. The number of rotatable bonds is 7. The van der Waals surface area contributed by atoms with Gasteiger partial charge in [0.2, 0.25) is 0 Å². The molecule has 8 heteroatoms. The van der Waals surface area contributed by atoms with Gasteiger partial charge in [0.25, 0.3) is 10.0 Å². The monoisotopic (exact) mass is 310 g/mol. The van der Waals surface area contributed by atoms with E-state index >= 15 is 0 Å². The summed E-state index contributed by atoms with van der Waals surface area (Å²) >= 11 is 0. The third kappa shape index (κ3) is 3.34. The van der Waals surface area contributed by atoms with Gasteiger partial charge < -0.3 is 9.73 Å². The van der Waals surface area contributed by atoms with E-state index in [1.165, 1.54) is 12.5 Å². The average molecular weight is 310 g/mol. The molecule has 0 saturated heterocycles. The number of aromatic nitrogens is 2. The van der Waals surface area contributed by atoms with Crippen molar-refractivity contribution in [2.45, 2.75) is 43.9 Å². The van der Waals surface area contributed by atoms with Crippen LogP contribution < -0.4 is 10.0 Å². The number of nitrogens with zero attached hydrogens (tertiary/aromatic N) is 1. The maximum atomic E-state index is 12.4. The van der Waals surface area contributed by atoms with Crippen molar-refractivity contribution in [2.24, 2.45) is 0 Å². The molecule has 0 bridgehead atoms. The number of aromatic amines is 1. The molecule has 2 aromatic heterocycles. The Morgan fingerprint density at radius 2 is 2.24 bits per heavy atom. The summed E-state index contributed by atoms with van der Waals surface area (Å²) in [4.78, 5) is 0. The van der Waals surface area contributed by atoms with Gasteiger partial charge in [-0.1, -0.05) is 0 Å². The van der Waals surface area contributed by atoms with Crippen LogP contribution in [-0.2, 0) is 23.1 Å². The molecule has 0 aromatic carbocycles. The van der Waals surface area contributed by atoms with Crippen LogP contribution in [0.5, 0.6) is 0 Å². The van der Waals surface area contributed by atoms with Crippen molar-refractivity contribution in [3.8, 4) is 0 Å². The third-order valence-electron chi connectivity index (χ3n) is 3.48. The summed E-state index contributed by atoms with van der Waals surface area (Å²) in [6.07, 6.45) is 5.32. The largest absolute Gasteiger partial charge is 0.472 e. The van der Waals surface area contributed by atoms with E-state index in [2.05, 4.69) is 20.2 Å². The number of hydrogen-bond donors (Lipinski definition) is 3. The van der Waals surface area contributed by atoms with Crippen LogP contribution in [-0.4, -0.2) is 24.7 Å². The van der Waals surface area contributed by atoms with Crippen LogP contribution >= 0.6 is 0 Å². The van der Waals surface area contributed by atoms with Gasteiger partial charge in [-0.2, -0.15) is 5.10 Å². The molecule has 0 amide bonds. The molecule has 3 rings (SSSR count). The molecule has 3 N–H and O–H groups in total. The lowest BCUT2D eigenvalue weighted by molar-refractivity contribution is 0.560. The molecule has 2 aromatic rings. The van der Waals surface area contributed by atoms with Gasteiger partial charge in [0.05, 0.1) is 12.5 Å². The van der Waals surface area contributed by atoms with Gasteiger partial charge in [-0.3, -0.25) is 5.10 Å². The predicted octanol–water partition coefficient (Wildman–Crippen LogP) is 1.04. The Balaban J connectivity index is 1.74. The number of H-pyrrole nitrogens is 1. The van der Waals surface area contributed by atoms with Crippen LogP contribution in [0.4, 0.5) is 0 Å². The van der Waals surface area contributed by atoms with Crippen LogP contribution in [0.1, 0.15) is 29.7 Å². The van der Waals surface area contributed by atoms with Gasteiger partial charge >= 0.3 is 0 Å². The van der Waals surface area contributed by atoms with Crippen LogP contribution in [0.2, 0.25) is 0 Å². The molecule has 0 aliphatic heterocycles. The highest BCUT2D eigenvalue weighted by molar-refractivity contribution is 7.89. The fourth-order valence-corrected chi connectivity index (χ4v) is 3.24. The topological polar surface area (TPSA) is 100 Å². The third-order valence-corrected chi connectivity index (χ3v) is 4.85. The highest BCUT2D eigenvalue weighted by atomic mass is 32.2. The Morgan fingerprint density at radius 3 is 2.90 bits per heavy atom. The smallest absolute Gasteiger partial charge is 0.260 e. The zero-order valence-electron chi connectivity index (χ0n) is 11.7. The van der Waals surface area contributed by atoms with Crippen molar-refractivity contribution in [1.29, 1.82) is 0 Å². The molecule has 2 heterocycles. The summed E-state index contributed by atoms with van der Waals surface area (Å²) in [6, 6.07) is 2.22. The molecular weight excluding hydrogens is 292 g/mol. The molecule has 0 radical (unpaired) electrons. The molecule has 1 aliphatic rings. The van der Waals surface area contributed by atoms with Crippen LogP contribution in [0.25, 0.3) is 0 Å². The quantitative estimate of drug-likeness (QED) is 0.709. The summed E-state index contributed by atoms with van der Waals surface area (Å²) in [5.74, 6) is 0. The van der Waals surface area contributed by atoms with E-state index in [1.807, 2.05) is 6.92 Å². The van der Waals surface area contributed by atoms with Crippen molar-refractivity contribution >= 4 is 10.0 Å². The van der Waals surface area contributed by atoms with Crippen molar-refractivity contribution in [3.05, 3.63) is 35.4 Å². The Labute approximate surface area is 123 Å². The van der Waals surface area contributed by atoms with Crippen LogP contribution in [0.15, 0.2) is 28.0 Å². The maximum Gasteiger partial charge on any atom is 0.260 e. The second-order valence-electron chi connectivity index (χ2n) is 5.24. The molecule has 1 aliphatic carbocycles. The van der Waals surface area contributed by atoms with E-state index in [1.54, 1.807) is 6.07 Å². The van der Waals surface area contributed by atoms with E-state index in [0.29, 0.717) is 18.2 Å². The fourth-order valence-electron chi connectivity index (χ4n) is 2.03. The first-order valence-corrected chi connectivity index (χ1v) is 8.32. The Kier molecular flexibility index (Phi) is 3.83. The summed E-state index contributed by atoms with van der Waals surface area (Å²) in [5, 5.41) is 10.1. The molecule has 1 saturated carbocycles. The van der Waals surface area contributed by atoms with Crippen LogP contribution in [0, 0.1) is 6.92 Å². The minimum atomic E-state index is -3.65. The molecule has 1 fully saturated rings. The standard InChI is InChI=1S/C13H18N4O3S/c1-9-12(7-14-11-2-3-11)13(17-16-9)21(18,19)15-6-10-4-5-20-8-10/h4-5,8,11,14-15H,2-3,6-7H2,1H3,(H,16,17). The molecule has 0 atom stereocenters. The molecule has 0 spiro atoms. The Hall–Kier alpha value is -1.64. The molecule has 114 valence electrons. The summed E-state index contributed by atoms with van der Waals surface area (Å²) in [7, 11) is -3.65. The van der Waals surface area contributed by atoms with E-state index in [-0.39, 0.29) is 11.6 Å². The Bertz CT molecular complexity index is 702. The Morgan fingerprint density at radius 1 is 1.43 bits per heavy atom.